The Kier molecular flexibility index (Phi) is 5.53. The van der Waals surface area contributed by atoms with Crippen molar-refractivity contribution in [3.8, 4) is 6.07 Å². The lowest BCUT2D eigenvalue weighted by Gasteiger charge is -1.99. The van der Waals surface area contributed by atoms with Crippen molar-refractivity contribution in [1.29, 1.82) is 5.26 Å². The monoisotopic (exact) mass is 287 g/mol. The van der Waals surface area contributed by atoms with Crippen LogP contribution in [0.4, 0.5) is 0 Å². The lowest BCUT2D eigenvalue weighted by molar-refractivity contribution is 0.103. The number of benzene rings is 1. The summed E-state index contributed by atoms with van der Waals surface area (Å²) in [5.41, 5.74) is 2.03. The number of aromatic nitrogens is 2. The van der Waals surface area contributed by atoms with Crippen molar-refractivity contribution in [3.63, 3.8) is 0 Å². The van der Waals surface area contributed by atoms with E-state index in [2.05, 4.69) is 9.97 Å². The van der Waals surface area contributed by atoms with Crippen LogP contribution in [0.5, 0.6) is 0 Å². The standard InChI is InChI=1S/C12H9NO.C6H4N2/c14-12(10-4-2-1-3-5-10)11-6-8-13-9-7-11;7-5-6-1-3-8-4-2-6/h1-9H;1-4H. The van der Waals surface area contributed by atoms with E-state index in [0.717, 1.165) is 0 Å². The number of hydrogen-bond acceptors (Lipinski definition) is 4. The van der Waals surface area contributed by atoms with Gasteiger partial charge in [-0.3, -0.25) is 14.8 Å². The lowest BCUT2D eigenvalue weighted by atomic mass is 10.1. The number of pyridine rings is 2. The van der Waals surface area contributed by atoms with Crippen LogP contribution in [0.25, 0.3) is 0 Å². The zero-order valence-electron chi connectivity index (χ0n) is 11.8. The minimum Gasteiger partial charge on any atom is -0.289 e. The van der Waals surface area contributed by atoms with E-state index in [1.807, 2.05) is 36.4 Å². The average molecular weight is 287 g/mol. The molecule has 0 aliphatic rings. The number of nitriles is 1. The van der Waals surface area contributed by atoms with Gasteiger partial charge in [0.15, 0.2) is 5.78 Å². The van der Waals surface area contributed by atoms with E-state index in [1.54, 1.807) is 49.1 Å². The van der Waals surface area contributed by atoms with Gasteiger partial charge in [-0.25, -0.2) is 0 Å². The van der Waals surface area contributed by atoms with Gasteiger partial charge in [0, 0.05) is 35.9 Å². The molecule has 3 rings (SSSR count). The first-order chi connectivity index (χ1) is 10.8. The first kappa shape index (κ1) is 15.1. The molecule has 0 fully saturated rings. The Hall–Kier alpha value is -3.32. The van der Waals surface area contributed by atoms with E-state index in [4.69, 9.17) is 5.26 Å². The summed E-state index contributed by atoms with van der Waals surface area (Å²) in [5, 5.41) is 8.26. The molecule has 0 atom stereocenters. The fraction of sp³-hybridized carbons (Fsp3) is 0. The zero-order chi connectivity index (χ0) is 15.6. The molecule has 2 aromatic heterocycles. The summed E-state index contributed by atoms with van der Waals surface area (Å²) in [6, 6.07) is 18.0. The van der Waals surface area contributed by atoms with Crippen LogP contribution in [-0.4, -0.2) is 15.8 Å². The van der Waals surface area contributed by atoms with E-state index in [-0.39, 0.29) is 5.78 Å². The van der Waals surface area contributed by atoms with Gasteiger partial charge in [-0.05, 0) is 24.3 Å². The molecule has 0 unspecified atom stereocenters. The summed E-state index contributed by atoms with van der Waals surface area (Å²) in [5.74, 6) is 0.0352. The highest BCUT2D eigenvalue weighted by Gasteiger charge is 2.06. The van der Waals surface area contributed by atoms with Gasteiger partial charge in [0.2, 0.25) is 0 Å². The molecule has 0 aliphatic carbocycles. The Balaban J connectivity index is 0.000000188. The molecule has 0 aliphatic heterocycles. The summed E-state index contributed by atoms with van der Waals surface area (Å²) < 4.78 is 0. The van der Waals surface area contributed by atoms with E-state index in [1.165, 1.54) is 0 Å². The molecule has 0 spiro atoms. The van der Waals surface area contributed by atoms with Crippen LogP contribution < -0.4 is 0 Å². The Morgan fingerprint density at radius 3 is 1.77 bits per heavy atom. The number of carbonyl (C=O) groups is 1. The van der Waals surface area contributed by atoms with Gasteiger partial charge >= 0.3 is 0 Å². The van der Waals surface area contributed by atoms with Gasteiger partial charge < -0.3 is 0 Å². The van der Waals surface area contributed by atoms with E-state index < -0.39 is 0 Å². The number of carbonyl (C=O) groups excluding carboxylic acids is 1. The number of nitrogens with zero attached hydrogens (tertiary/aromatic N) is 3. The van der Waals surface area contributed by atoms with Crippen molar-refractivity contribution in [2.24, 2.45) is 0 Å². The number of rotatable bonds is 2. The van der Waals surface area contributed by atoms with Crippen LogP contribution >= 0.6 is 0 Å². The minimum atomic E-state index is 0.0352. The highest BCUT2D eigenvalue weighted by atomic mass is 16.1. The van der Waals surface area contributed by atoms with Gasteiger partial charge in [0.25, 0.3) is 0 Å². The molecule has 0 amide bonds. The molecule has 0 N–H and O–H groups in total. The number of hydrogen-bond donors (Lipinski definition) is 0. The molecular weight excluding hydrogens is 274 g/mol. The second-order valence-corrected chi connectivity index (χ2v) is 4.28. The molecule has 106 valence electrons. The molecule has 0 saturated heterocycles. The molecule has 4 nitrogen and oxygen atoms in total. The third-order valence-corrected chi connectivity index (χ3v) is 2.79. The highest BCUT2D eigenvalue weighted by molar-refractivity contribution is 6.08. The van der Waals surface area contributed by atoms with Crippen LogP contribution in [-0.2, 0) is 0 Å². The van der Waals surface area contributed by atoms with Crippen LogP contribution in [0.3, 0.4) is 0 Å². The fourth-order valence-corrected chi connectivity index (χ4v) is 1.69. The summed E-state index contributed by atoms with van der Waals surface area (Å²) in [7, 11) is 0. The first-order valence-electron chi connectivity index (χ1n) is 6.61. The van der Waals surface area contributed by atoms with Crippen molar-refractivity contribution in [2.75, 3.05) is 0 Å². The van der Waals surface area contributed by atoms with E-state index in [0.29, 0.717) is 16.7 Å². The predicted octanol–water partition coefficient (Wildman–Crippen LogP) is 3.27. The topological polar surface area (TPSA) is 66.6 Å². The molecular formula is C18H13N3O. The average Bonchev–Trinajstić information content (AvgIpc) is 2.64. The van der Waals surface area contributed by atoms with Gasteiger partial charge in [-0.1, -0.05) is 30.3 Å². The molecule has 2 heterocycles. The Morgan fingerprint density at radius 2 is 1.27 bits per heavy atom. The van der Waals surface area contributed by atoms with E-state index in [9.17, 15) is 4.79 Å². The molecule has 22 heavy (non-hydrogen) atoms. The van der Waals surface area contributed by atoms with Gasteiger partial charge in [-0.15, -0.1) is 0 Å². The Morgan fingerprint density at radius 1 is 0.773 bits per heavy atom. The summed E-state index contributed by atoms with van der Waals surface area (Å²) in [6.45, 7) is 0. The third kappa shape index (κ3) is 4.36. The van der Waals surface area contributed by atoms with Crippen molar-refractivity contribution >= 4 is 5.78 Å². The molecule has 4 heteroatoms. The first-order valence-corrected chi connectivity index (χ1v) is 6.61. The largest absolute Gasteiger partial charge is 0.289 e. The van der Waals surface area contributed by atoms with Crippen LogP contribution in [0.1, 0.15) is 21.5 Å². The fourth-order valence-electron chi connectivity index (χ4n) is 1.69. The quantitative estimate of drug-likeness (QED) is 0.678. The maximum Gasteiger partial charge on any atom is 0.193 e. The molecule has 0 radical (unpaired) electrons. The molecule has 3 aromatic rings. The van der Waals surface area contributed by atoms with Crippen molar-refractivity contribution in [1.82, 2.24) is 9.97 Å². The molecule has 0 bridgehead atoms. The van der Waals surface area contributed by atoms with Gasteiger partial charge in [0.05, 0.1) is 11.6 Å². The smallest absolute Gasteiger partial charge is 0.193 e. The third-order valence-electron chi connectivity index (χ3n) is 2.79. The molecule has 0 saturated carbocycles. The predicted molar refractivity (Wildman–Crippen MR) is 83.1 cm³/mol. The normalized spacial score (nSPS) is 9.05. The van der Waals surface area contributed by atoms with Crippen molar-refractivity contribution in [2.45, 2.75) is 0 Å². The maximum atomic E-state index is 11.8. The summed E-state index contributed by atoms with van der Waals surface area (Å²) >= 11 is 0. The van der Waals surface area contributed by atoms with Crippen molar-refractivity contribution < 1.29 is 4.79 Å². The summed E-state index contributed by atoms with van der Waals surface area (Å²) in [6.07, 6.45) is 6.43. The highest BCUT2D eigenvalue weighted by Crippen LogP contribution is 2.07. The van der Waals surface area contributed by atoms with Crippen molar-refractivity contribution in [3.05, 3.63) is 96.1 Å². The Labute approximate surface area is 128 Å². The van der Waals surface area contributed by atoms with Crippen LogP contribution in [0.2, 0.25) is 0 Å². The Bertz CT molecular complexity index is 709. The zero-order valence-corrected chi connectivity index (χ0v) is 11.8. The van der Waals surface area contributed by atoms with Crippen LogP contribution in [0, 0.1) is 11.3 Å². The SMILES string of the molecule is N#Cc1ccncc1.O=C(c1ccccc1)c1ccncc1. The van der Waals surface area contributed by atoms with Gasteiger partial charge in [0.1, 0.15) is 0 Å². The maximum absolute atomic E-state index is 11.8. The lowest BCUT2D eigenvalue weighted by Crippen LogP contribution is -2.00. The minimum absolute atomic E-state index is 0.0352. The second-order valence-electron chi connectivity index (χ2n) is 4.28. The van der Waals surface area contributed by atoms with E-state index >= 15 is 0 Å². The second kappa shape index (κ2) is 8.08. The van der Waals surface area contributed by atoms with Gasteiger partial charge in [-0.2, -0.15) is 5.26 Å². The van der Waals surface area contributed by atoms with Crippen LogP contribution in [0.15, 0.2) is 79.4 Å². The number of ketones is 1. The molecule has 1 aromatic carbocycles. The summed E-state index contributed by atoms with van der Waals surface area (Å²) in [4.78, 5) is 19.4.